The average molecular weight is 440 g/mol. The highest BCUT2D eigenvalue weighted by atomic mass is 17.2. The summed E-state index contributed by atoms with van der Waals surface area (Å²) in [5.74, 6) is 1.06. The van der Waals surface area contributed by atoms with E-state index in [4.69, 9.17) is 24.0 Å². The van der Waals surface area contributed by atoms with E-state index in [9.17, 15) is 25.2 Å². The molecule has 2 heterocycles. The van der Waals surface area contributed by atoms with Crippen molar-refractivity contribution in [2.45, 2.75) is 63.3 Å². The fourth-order valence-corrected chi connectivity index (χ4v) is 3.40. The Balaban J connectivity index is 1.69. The van der Waals surface area contributed by atoms with E-state index in [2.05, 4.69) is 0 Å². The fourth-order valence-electron chi connectivity index (χ4n) is 3.40. The third-order valence-corrected chi connectivity index (χ3v) is 5.34. The van der Waals surface area contributed by atoms with Gasteiger partial charge in [-0.3, -0.25) is 4.79 Å². The van der Waals surface area contributed by atoms with Gasteiger partial charge in [-0.25, -0.2) is 9.78 Å². The van der Waals surface area contributed by atoms with Gasteiger partial charge in [-0.15, -0.1) is 0 Å². The first-order valence-electron chi connectivity index (χ1n) is 9.91. The Hall–Kier alpha value is -2.05. The summed E-state index contributed by atoms with van der Waals surface area (Å²) in [6.07, 6.45) is -6.97. The predicted octanol–water partition coefficient (Wildman–Crippen LogP) is -0.432. The molecule has 1 aromatic carbocycles. The maximum Gasteiger partial charge on any atom is 0.192 e. The summed E-state index contributed by atoms with van der Waals surface area (Å²) in [5, 5.41) is 48.0. The molecular weight excluding hydrogens is 412 g/mol. The van der Waals surface area contributed by atoms with Crippen molar-refractivity contribution in [1.82, 2.24) is 0 Å². The highest BCUT2D eigenvalue weighted by Gasteiger charge is 2.40. The van der Waals surface area contributed by atoms with E-state index in [-0.39, 0.29) is 5.43 Å². The lowest BCUT2D eigenvalue weighted by Gasteiger charge is -2.38. The fraction of sp³-hybridized carbons (Fsp3) is 0.571. The third kappa shape index (κ3) is 5.07. The molecule has 0 unspecified atom stereocenters. The lowest BCUT2D eigenvalue weighted by atomic mass is 9.90. The number of fused-ring (bicyclic) bond motifs is 2. The molecule has 31 heavy (non-hydrogen) atoms. The monoisotopic (exact) mass is 440 g/mol. The van der Waals surface area contributed by atoms with Crippen LogP contribution in [-0.2, 0) is 16.2 Å². The molecule has 0 fully saturated rings. The van der Waals surface area contributed by atoms with Gasteiger partial charge in [0.15, 0.2) is 5.43 Å². The summed E-state index contributed by atoms with van der Waals surface area (Å²) in [4.78, 5) is 22.8. The zero-order valence-electron chi connectivity index (χ0n) is 17.5. The Kier molecular flexibility index (Phi) is 7.01. The lowest BCUT2D eigenvalue weighted by Crippen LogP contribution is -2.49. The van der Waals surface area contributed by atoms with Crippen LogP contribution in [0.5, 0.6) is 5.75 Å². The van der Waals surface area contributed by atoms with E-state index in [1.165, 1.54) is 6.07 Å². The highest BCUT2D eigenvalue weighted by Crippen LogP contribution is 2.37. The molecule has 0 bridgehead atoms. The second-order valence-corrected chi connectivity index (χ2v) is 8.25. The van der Waals surface area contributed by atoms with Gasteiger partial charge in [-0.1, -0.05) is 0 Å². The van der Waals surface area contributed by atoms with E-state index in [1.807, 2.05) is 0 Å². The maximum atomic E-state index is 12.3. The van der Waals surface area contributed by atoms with Crippen LogP contribution in [0.4, 0.5) is 0 Å². The zero-order chi connectivity index (χ0) is 22.9. The molecule has 1 aliphatic rings. The summed E-state index contributed by atoms with van der Waals surface area (Å²) < 4.78 is 11.6. The topological polar surface area (TPSA) is 159 Å². The van der Waals surface area contributed by atoms with Crippen LogP contribution < -0.4 is 10.2 Å². The van der Waals surface area contributed by atoms with Crippen molar-refractivity contribution in [1.29, 1.82) is 0 Å². The van der Waals surface area contributed by atoms with Crippen molar-refractivity contribution in [3.63, 3.8) is 0 Å². The molecule has 0 saturated heterocycles. The minimum atomic E-state index is -1.76. The number of aryl methyl sites for hydroxylation is 1. The lowest BCUT2D eigenvalue weighted by molar-refractivity contribution is -0.358. The number of hydrogen-bond donors (Lipinski definition) is 5. The largest absolute Gasteiger partial charge is 0.485 e. The molecule has 0 radical (unpaired) electrons. The zero-order valence-corrected chi connectivity index (χ0v) is 17.5. The number of aliphatic hydroxyl groups excluding tert-OH is 5. The molecule has 5 atom stereocenters. The average Bonchev–Trinajstić information content (AvgIpc) is 2.70. The van der Waals surface area contributed by atoms with Crippen LogP contribution in [0.25, 0.3) is 11.0 Å². The van der Waals surface area contributed by atoms with Gasteiger partial charge >= 0.3 is 0 Å². The molecule has 1 aliphatic heterocycles. The van der Waals surface area contributed by atoms with E-state index >= 15 is 0 Å². The highest BCUT2D eigenvalue weighted by molar-refractivity contribution is 5.79. The van der Waals surface area contributed by atoms with Gasteiger partial charge in [-0.05, 0) is 32.4 Å². The summed E-state index contributed by atoms with van der Waals surface area (Å²) in [6.45, 7) is 3.99. The first kappa shape index (κ1) is 23.6. The molecular formula is C21H28O10. The van der Waals surface area contributed by atoms with Crippen LogP contribution >= 0.6 is 0 Å². The summed E-state index contributed by atoms with van der Waals surface area (Å²) in [7, 11) is 0. The third-order valence-electron chi connectivity index (χ3n) is 5.34. The minimum Gasteiger partial charge on any atom is -0.485 e. The van der Waals surface area contributed by atoms with Crippen LogP contribution in [-0.4, -0.2) is 74.9 Å². The smallest absolute Gasteiger partial charge is 0.192 e. The second kappa shape index (κ2) is 9.21. The molecule has 1 aromatic heterocycles. The molecule has 0 amide bonds. The predicted molar refractivity (Wildman–Crippen MR) is 108 cm³/mol. The van der Waals surface area contributed by atoms with Crippen molar-refractivity contribution in [3.8, 4) is 5.75 Å². The number of benzene rings is 1. The number of aliphatic hydroxyl groups is 5. The van der Waals surface area contributed by atoms with Crippen molar-refractivity contribution in [2.24, 2.45) is 0 Å². The van der Waals surface area contributed by atoms with Gasteiger partial charge in [0.1, 0.15) is 59.8 Å². The molecule has 172 valence electrons. The van der Waals surface area contributed by atoms with Crippen molar-refractivity contribution >= 4 is 11.0 Å². The van der Waals surface area contributed by atoms with Crippen molar-refractivity contribution in [3.05, 3.63) is 39.7 Å². The Bertz CT molecular complexity index is 969. The molecule has 0 spiro atoms. The number of rotatable bonds is 8. The van der Waals surface area contributed by atoms with Crippen molar-refractivity contribution < 1.29 is 44.5 Å². The maximum absolute atomic E-state index is 12.3. The first-order chi connectivity index (χ1) is 14.5. The molecule has 0 saturated carbocycles. The Morgan fingerprint density at radius 2 is 1.81 bits per heavy atom. The normalized spacial score (nSPS) is 21.7. The van der Waals surface area contributed by atoms with E-state index in [0.717, 1.165) is 5.56 Å². The second-order valence-electron chi connectivity index (χ2n) is 8.25. The van der Waals surface area contributed by atoms with Crippen molar-refractivity contribution in [2.75, 3.05) is 13.2 Å². The van der Waals surface area contributed by atoms with Gasteiger partial charge in [-0.2, -0.15) is 0 Å². The molecule has 5 N–H and O–H groups in total. The molecule has 0 aliphatic carbocycles. The van der Waals surface area contributed by atoms with Crippen LogP contribution in [0, 0.1) is 6.92 Å². The quantitative estimate of drug-likeness (QED) is 0.269. The van der Waals surface area contributed by atoms with E-state index < -0.39 is 49.3 Å². The minimum absolute atomic E-state index is 0.166. The molecule has 10 nitrogen and oxygen atoms in total. The van der Waals surface area contributed by atoms with Gasteiger partial charge < -0.3 is 34.7 Å². The van der Waals surface area contributed by atoms with Crippen LogP contribution in [0.2, 0.25) is 0 Å². The molecule has 2 aromatic rings. The Morgan fingerprint density at radius 1 is 1.13 bits per heavy atom. The van der Waals surface area contributed by atoms with Crippen LogP contribution in [0.3, 0.4) is 0 Å². The summed E-state index contributed by atoms with van der Waals surface area (Å²) >= 11 is 0. The van der Waals surface area contributed by atoms with Crippen LogP contribution in [0.15, 0.2) is 27.4 Å². The van der Waals surface area contributed by atoms with Gasteiger partial charge in [0.25, 0.3) is 0 Å². The standard InChI is InChI=1S/C21H28O10/c1-10-4-13(23)12-5-11-6-18(21(2,3)30-16(11)7-17(12)29-10)31-28-9-15(25)20(27)19(26)14(24)8-22/h4-5,7,14-15,18-20,22,24-27H,6,8-9H2,1-3H3/t14-,15+,18-,19-,20-/m1/s1. The summed E-state index contributed by atoms with van der Waals surface area (Å²) in [5.41, 5.74) is 0.149. The Labute approximate surface area is 178 Å². The Morgan fingerprint density at radius 3 is 2.48 bits per heavy atom. The summed E-state index contributed by atoms with van der Waals surface area (Å²) in [6, 6.07) is 4.77. The SMILES string of the molecule is Cc1cc(=O)c2cc3c(cc2o1)OC(C)(C)[C@H](OOC[C@H](O)[C@@H](O)[C@H](O)[C@H](O)CO)C3. The molecule has 3 rings (SSSR count). The van der Waals surface area contributed by atoms with E-state index in [0.29, 0.717) is 28.9 Å². The molecule has 10 heteroatoms. The van der Waals surface area contributed by atoms with Gasteiger partial charge in [0.2, 0.25) is 0 Å². The van der Waals surface area contributed by atoms with Gasteiger partial charge in [0.05, 0.1) is 12.0 Å². The van der Waals surface area contributed by atoms with Gasteiger partial charge in [0, 0.05) is 18.6 Å². The number of ether oxygens (including phenoxy) is 1. The number of hydrogen-bond acceptors (Lipinski definition) is 10. The van der Waals surface area contributed by atoms with E-state index in [1.54, 1.807) is 32.9 Å². The van der Waals surface area contributed by atoms with Crippen LogP contribution in [0.1, 0.15) is 25.2 Å². The first-order valence-corrected chi connectivity index (χ1v) is 9.91.